The van der Waals surface area contributed by atoms with Crippen LogP contribution in [0.15, 0.2) is 90.2 Å². The second kappa shape index (κ2) is 7.88. The van der Waals surface area contributed by atoms with Crippen molar-refractivity contribution in [2.75, 3.05) is 4.90 Å². The number of furan rings is 1. The predicted molar refractivity (Wildman–Crippen MR) is 117 cm³/mol. The molecular formula is C20H12Br2N2O2S. The number of rotatable bonds is 3. The van der Waals surface area contributed by atoms with Crippen LogP contribution in [0, 0.1) is 0 Å². The third kappa shape index (κ3) is 3.95. The number of aliphatic imine (C=N–C) groups is 1. The Morgan fingerprint density at radius 3 is 2.30 bits per heavy atom. The number of carbonyl (C=O) groups excluding carboxylic acids is 1. The number of amides is 1. The molecule has 27 heavy (non-hydrogen) atoms. The first kappa shape index (κ1) is 18.3. The first-order valence-corrected chi connectivity index (χ1v) is 10.4. The normalized spacial score (nSPS) is 17.3. The summed E-state index contributed by atoms with van der Waals surface area (Å²) in [6.45, 7) is 0. The number of halogens is 2. The number of carbonyl (C=O) groups is 1. The van der Waals surface area contributed by atoms with E-state index in [0.717, 1.165) is 15.8 Å². The van der Waals surface area contributed by atoms with Gasteiger partial charge in [-0.05, 0) is 74.0 Å². The number of nitrogens with zero attached hydrogens (tertiary/aromatic N) is 2. The molecule has 2 heterocycles. The molecule has 1 fully saturated rings. The number of amidine groups is 1. The van der Waals surface area contributed by atoms with Gasteiger partial charge in [0.2, 0.25) is 0 Å². The molecule has 0 saturated carbocycles. The first-order valence-electron chi connectivity index (χ1n) is 7.99. The van der Waals surface area contributed by atoms with Crippen LogP contribution in [0.3, 0.4) is 0 Å². The Kier molecular flexibility index (Phi) is 5.33. The number of thioether (sulfide) groups is 1. The van der Waals surface area contributed by atoms with Gasteiger partial charge in [-0.15, -0.1) is 0 Å². The summed E-state index contributed by atoms with van der Waals surface area (Å²) >= 11 is 8.03. The topological polar surface area (TPSA) is 45.8 Å². The first-order chi connectivity index (χ1) is 13.1. The molecule has 0 bridgehead atoms. The number of hydrogen-bond donors (Lipinski definition) is 0. The molecule has 1 saturated heterocycles. The summed E-state index contributed by atoms with van der Waals surface area (Å²) in [5, 5.41) is 0.605. The highest BCUT2D eigenvalue weighted by Gasteiger charge is 2.35. The lowest BCUT2D eigenvalue weighted by Crippen LogP contribution is -2.28. The van der Waals surface area contributed by atoms with Crippen LogP contribution in [0.25, 0.3) is 6.08 Å². The zero-order valence-corrected chi connectivity index (χ0v) is 17.8. The maximum absolute atomic E-state index is 13.1. The van der Waals surface area contributed by atoms with Crippen LogP contribution in [0.2, 0.25) is 0 Å². The van der Waals surface area contributed by atoms with Crippen molar-refractivity contribution in [3.8, 4) is 0 Å². The Morgan fingerprint density at radius 1 is 1.00 bits per heavy atom. The Bertz CT molecular complexity index is 1030. The highest BCUT2D eigenvalue weighted by atomic mass is 79.9. The molecule has 3 aromatic rings. The van der Waals surface area contributed by atoms with Crippen molar-refractivity contribution in [1.29, 1.82) is 0 Å². The molecule has 0 radical (unpaired) electrons. The van der Waals surface area contributed by atoms with E-state index >= 15 is 0 Å². The smallest absolute Gasteiger partial charge is 0.271 e. The van der Waals surface area contributed by atoms with Gasteiger partial charge in [0.25, 0.3) is 5.91 Å². The summed E-state index contributed by atoms with van der Waals surface area (Å²) in [5.41, 5.74) is 1.56. The molecule has 1 aromatic heterocycles. The molecule has 0 N–H and O–H groups in total. The molecule has 4 nitrogen and oxygen atoms in total. The highest BCUT2D eigenvalue weighted by Crippen LogP contribution is 2.38. The lowest BCUT2D eigenvalue weighted by molar-refractivity contribution is -0.113. The van der Waals surface area contributed by atoms with Gasteiger partial charge in [0, 0.05) is 6.08 Å². The molecule has 1 amide bonds. The monoisotopic (exact) mass is 502 g/mol. The van der Waals surface area contributed by atoms with E-state index in [1.807, 2.05) is 66.7 Å². The lowest BCUT2D eigenvalue weighted by Gasteiger charge is -2.15. The third-order valence-corrected chi connectivity index (χ3v) is 6.42. The Labute approximate surface area is 177 Å². The minimum atomic E-state index is -0.135. The van der Waals surface area contributed by atoms with Gasteiger partial charge in [0.1, 0.15) is 5.76 Å². The summed E-state index contributed by atoms with van der Waals surface area (Å²) < 4.78 is 6.97. The molecule has 0 aliphatic carbocycles. The van der Waals surface area contributed by atoms with Crippen LogP contribution in [-0.2, 0) is 4.79 Å². The van der Waals surface area contributed by atoms with E-state index in [-0.39, 0.29) is 5.91 Å². The number of hydrogen-bond acceptors (Lipinski definition) is 4. The Hall–Kier alpha value is -2.09. The number of benzene rings is 2. The molecule has 0 unspecified atom stereocenters. The zero-order chi connectivity index (χ0) is 18.8. The van der Waals surface area contributed by atoms with Gasteiger partial charge < -0.3 is 4.42 Å². The van der Waals surface area contributed by atoms with Crippen LogP contribution < -0.4 is 4.90 Å². The molecule has 134 valence electrons. The van der Waals surface area contributed by atoms with Gasteiger partial charge in [-0.1, -0.05) is 36.4 Å². The molecule has 4 rings (SSSR count). The molecular weight excluding hydrogens is 492 g/mol. The van der Waals surface area contributed by atoms with E-state index in [4.69, 9.17) is 4.42 Å². The second-order valence-electron chi connectivity index (χ2n) is 5.59. The summed E-state index contributed by atoms with van der Waals surface area (Å²) in [6.07, 6.45) is 1.73. The van der Waals surface area contributed by atoms with E-state index in [1.165, 1.54) is 11.8 Å². The van der Waals surface area contributed by atoms with Gasteiger partial charge in [-0.25, -0.2) is 4.99 Å². The number of para-hydroxylation sites is 2. The Morgan fingerprint density at radius 2 is 1.67 bits per heavy atom. The summed E-state index contributed by atoms with van der Waals surface area (Å²) in [5.74, 6) is 0.447. The summed E-state index contributed by atoms with van der Waals surface area (Å²) in [6, 6.07) is 20.9. The highest BCUT2D eigenvalue weighted by molar-refractivity contribution is 9.13. The molecule has 1 aliphatic rings. The zero-order valence-electron chi connectivity index (χ0n) is 13.8. The summed E-state index contributed by atoms with van der Waals surface area (Å²) in [4.78, 5) is 19.9. The second-order valence-corrected chi connectivity index (χ2v) is 8.17. The van der Waals surface area contributed by atoms with E-state index in [1.54, 1.807) is 11.0 Å². The van der Waals surface area contributed by atoms with Gasteiger partial charge in [0.15, 0.2) is 9.84 Å². The molecule has 0 spiro atoms. The standard InChI is InChI=1S/C20H12Br2N2O2S/c21-16-11-15(26-18(16)22)12-17-19(25)24(14-9-5-2-6-10-14)20(27-17)23-13-7-3-1-4-8-13/h1-12H/b17-12+,23-20?. The molecule has 0 atom stereocenters. The fourth-order valence-electron chi connectivity index (χ4n) is 2.53. The SMILES string of the molecule is O=C1/C(=C\c2cc(Br)c(Br)o2)SC(=Nc2ccccc2)N1c1ccccc1. The van der Waals surface area contributed by atoms with E-state index in [0.29, 0.717) is 20.5 Å². The van der Waals surface area contributed by atoms with Crippen molar-refractivity contribution in [3.63, 3.8) is 0 Å². The quantitative estimate of drug-likeness (QED) is 0.377. The summed E-state index contributed by atoms with van der Waals surface area (Å²) in [7, 11) is 0. The van der Waals surface area contributed by atoms with Gasteiger partial charge >= 0.3 is 0 Å². The van der Waals surface area contributed by atoms with Crippen molar-refractivity contribution < 1.29 is 9.21 Å². The average molecular weight is 504 g/mol. The van der Waals surface area contributed by atoms with Crippen LogP contribution in [0.5, 0.6) is 0 Å². The van der Waals surface area contributed by atoms with Crippen molar-refractivity contribution in [2.24, 2.45) is 4.99 Å². The van der Waals surface area contributed by atoms with Crippen molar-refractivity contribution in [3.05, 3.63) is 86.5 Å². The van der Waals surface area contributed by atoms with Crippen LogP contribution in [0.1, 0.15) is 5.76 Å². The van der Waals surface area contributed by atoms with Crippen molar-refractivity contribution >= 4 is 72.1 Å². The molecule has 2 aromatic carbocycles. The predicted octanol–water partition coefficient (Wildman–Crippen LogP) is 6.61. The van der Waals surface area contributed by atoms with Gasteiger partial charge in [-0.2, -0.15) is 0 Å². The van der Waals surface area contributed by atoms with Crippen LogP contribution in [0.4, 0.5) is 11.4 Å². The molecule has 1 aliphatic heterocycles. The third-order valence-electron chi connectivity index (χ3n) is 3.74. The minimum absolute atomic E-state index is 0.135. The largest absolute Gasteiger partial charge is 0.449 e. The van der Waals surface area contributed by atoms with Gasteiger partial charge in [0.05, 0.1) is 20.8 Å². The average Bonchev–Trinajstić information content (AvgIpc) is 3.15. The lowest BCUT2D eigenvalue weighted by atomic mass is 10.3. The van der Waals surface area contributed by atoms with Crippen LogP contribution >= 0.6 is 43.6 Å². The minimum Gasteiger partial charge on any atom is -0.449 e. The van der Waals surface area contributed by atoms with Crippen molar-refractivity contribution in [1.82, 2.24) is 0 Å². The maximum atomic E-state index is 13.1. The molecule has 7 heteroatoms. The van der Waals surface area contributed by atoms with Crippen LogP contribution in [-0.4, -0.2) is 11.1 Å². The van der Waals surface area contributed by atoms with E-state index < -0.39 is 0 Å². The Balaban J connectivity index is 1.77. The van der Waals surface area contributed by atoms with E-state index in [9.17, 15) is 4.79 Å². The van der Waals surface area contributed by atoms with Gasteiger partial charge in [-0.3, -0.25) is 9.69 Å². The maximum Gasteiger partial charge on any atom is 0.271 e. The fourth-order valence-corrected chi connectivity index (χ4v) is 4.12. The van der Waals surface area contributed by atoms with E-state index in [2.05, 4.69) is 36.9 Å². The van der Waals surface area contributed by atoms with Crippen molar-refractivity contribution in [2.45, 2.75) is 0 Å². The number of anilines is 1. The fraction of sp³-hybridized carbons (Fsp3) is 0.